The van der Waals surface area contributed by atoms with Gasteiger partial charge >= 0.3 is 0 Å². The maximum absolute atomic E-state index is 8.00. The first-order chi connectivity index (χ1) is 16.7. The maximum atomic E-state index is 8.00. The van der Waals surface area contributed by atoms with Crippen molar-refractivity contribution in [1.29, 1.82) is 0 Å². The van der Waals surface area contributed by atoms with Crippen molar-refractivity contribution in [2.75, 3.05) is 51.2 Å². The molecule has 0 bridgehead atoms. The van der Waals surface area contributed by atoms with Crippen LogP contribution in [0.25, 0.3) is 0 Å². The Hall–Kier alpha value is -2.19. The molecule has 2 aliphatic carbocycles. The van der Waals surface area contributed by atoms with Gasteiger partial charge in [0, 0.05) is 69.5 Å². The number of ether oxygens (including phenoxy) is 2. The molecule has 2 heterocycles. The lowest BCUT2D eigenvalue weighted by molar-refractivity contribution is -0.291. The summed E-state index contributed by atoms with van der Waals surface area (Å²) in [6.07, 6.45) is 11.8. The van der Waals surface area contributed by atoms with Crippen molar-refractivity contribution < 1.29 is 14.3 Å². The van der Waals surface area contributed by atoms with Gasteiger partial charge in [-0.3, -0.25) is 4.90 Å². The minimum Gasteiger partial charge on any atom is -0.383 e. The van der Waals surface area contributed by atoms with Crippen LogP contribution in [-0.4, -0.2) is 80.4 Å². The summed E-state index contributed by atoms with van der Waals surface area (Å²) in [5.74, 6) is -0.371. The van der Waals surface area contributed by atoms with Crippen LogP contribution in [0.5, 0.6) is 0 Å². The van der Waals surface area contributed by atoms with Crippen LogP contribution in [0.1, 0.15) is 38.5 Å². The second-order valence-corrected chi connectivity index (χ2v) is 9.58. The zero-order valence-electron chi connectivity index (χ0n) is 20.3. The molecule has 3 N–H and O–H groups in total. The van der Waals surface area contributed by atoms with Gasteiger partial charge in [0.2, 0.25) is 0 Å². The lowest BCUT2D eigenvalue weighted by Gasteiger charge is -2.50. The van der Waals surface area contributed by atoms with Gasteiger partial charge in [-0.25, -0.2) is 0 Å². The summed E-state index contributed by atoms with van der Waals surface area (Å²) in [7, 11) is 0. The molecule has 1 spiro atoms. The molecular weight excluding hydrogens is 428 g/mol. The smallest absolute Gasteiger partial charge is 0.171 e. The fourth-order valence-electron chi connectivity index (χ4n) is 5.37. The SMILES string of the molecule is C=O.NCCN(CCNc1ccccc1)C1=CCC2OC3(CCN(C4CCC4)CC3)OCC2=C1. The van der Waals surface area contributed by atoms with Crippen molar-refractivity contribution >= 4 is 12.5 Å². The molecule has 5 rings (SSSR count). The number of benzene rings is 1. The van der Waals surface area contributed by atoms with Gasteiger partial charge in [-0.1, -0.05) is 30.7 Å². The lowest BCUT2D eigenvalue weighted by Crippen LogP contribution is -2.55. The van der Waals surface area contributed by atoms with E-state index in [0.717, 1.165) is 63.7 Å². The standard InChI is InChI=1S/C26H38N4O2.CH2O/c27-13-17-30(18-14-28-22-5-2-1-3-6-22)24-9-10-25-21(19-24)20-31-26(32-25)11-15-29(16-12-26)23-7-4-8-23;1-2/h1-3,5-6,9,19,23,25,28H,4,7-8,10-18,20,27H2;1H2. The second-order valence-electron chi connectivity index (χ2n) is 9.58. The molecule has 186 valence electrons. The Morgan fingerprint density at radius 2 is 1.91 bits per heavy atom. The molecule has 0 radical (unpaired) electrons. The number of carbonyl (C=O) groups excluding carboxylic acids is 1. The van der Waals surface area contributed by atoms with E-state index in [0.29, 0.717) is 13.2 Å². The molecule has 1 unspecified atom stereocenters. The molecule has 1 aromatic carbocycles. The molecule has 7 heteroatoms. The predicted molar refractivity (Wildman–Crippen MR) is 135 cm³/mol. The first-order valence-electron chi connectivity index (χ1n) is 12.7. The number of likely N-dealkylation sites (tertiary alicyclic amines) is 1. The molecule has 3 fully saturated rings. The Bertz CT molecular complexity index is 832. The highest BCUT2D eigenvalue weighted by Gasteiger charge is 2.44. The van der Waals surface area contributed by atoms with Crippen molar-refractivity contribution in [3.05, 3.63) is 53.8 Å². The van der Waals surface area contributed by atoms with E-state index in [2.05, 4.69) is 51.5 Å². The number of anilines is 1. The first kappa shape index (κ1) is 24.9. The number of nitrogens with two attached hydrogens (primary N) is 1. The summed E-state index contributed by atoms with van der Waals surface area (Å²) in [6.45, 7) is 8.18. The van der Waals surface area contributed by atoms with Gasteiger partial charge < -0.3 is 30.2 Å². The van der Waals surface area contributed by atoms with Gasteiger partial charge in [-0.15, -0.1) is 0 Å². The van der Waals surface area contributed by atoms with Crippen molar-refractivity contribution in [3.8, 4) is 0 Å². The van der Waals surface area contributed by atoms with Crippen LogP contribution in [0.4, 0.5) is 5.69 Å². The molecule has 7 nitrogen and oxygen atoms in total. The summed E-state index contributed by atoms with van der Waals surface area (Å²) in [6, 6.07) is 11.2. The van der Waals surface area contributed by atoms with Crippen molar-refractivity contribution in [1.82, 2.24) is 9.80 Å². The first-order valence-corrected chi connectivity index (χ1v) is 12.7. The van der Waals surface area contributed by atoms with E-state index in [9.17, 15) is 0 Å². The van der Waals surface area contributed by atoms with E-state index in [4.69, 9.17) is 20.0 Å². The zero-order valence-corrected chi connectivity index (χ0v) is 20.3. The fourth-order valence-corrected chi connectivity index (χ4v) is 5.37. The Balaban J connectivity index is 0.00000133. The molecule has 34 heavy (non-hydrogen) atoms. The number of hydrogen-bond donors (Lipinski definition) is 2. The van der Waals surface area contributed by atoms with Crippen LogP contribution in [-0.2, 0) is 14.3 Å². The summed E-state index contributed by atoms with van der Waals surface area (Å²) < 4.78 is 13.0. The van der Waals surface area contributed by atoms with Gasteiger partial charge in [0.15, 0.2) is 5.79 Å². The number of piperidine rings is 1. The van der Waals surface area contributed by atoms with Crippen molar-refractivity contribution in [2.24, 2.45) is 5.73 Å². The number of rotatable bonds is 8. The third-order valence-electron chi connectivity index (χ3n) is 7.55. The van der Waals surface area contributed by atoms with Crippen LogP contribution < -0.4 is 11.1 Å². The molecule has 1 saturated carbocycles. The van der Waals surface area contributed by atoms with Crippen LogP contribution in [0.2, 0.25) is 0 Å². The normalized spacial score (nSPS) is 24.1. The molecule has 4 aliphatic rings. The number of allylic oxidation sites excluding steroid dienone is 1. The molecule has 0 amide bonds. The minimum absolute atomic E-state index is 0.157. The highest BCUT2D eigenvalue weighted by Crippen LogP contribution is 2.40. The number of carbonyl (C=O) groups is 1. The highest BCUT2D eigenvalue weighted by atomic mass is 16.7. The minimum atomic E-state index is -0.371. The van der Waals surface area contributed by atoms with Crippen molar-refractivity contribution in [3.63, 3.8) is 0 Å². The number of nitrogens with zero attached hydrogens (tertiary/aromatic N) is 2. The molecule has 0 aromatic heterocycles. The Morgan fingerprint density at radius 1 is 1.15 bits per heavy atom. The monoisotopic (exact) mass is 468 g/mol. The number of hydrogen-bond acceptors (Lipinski definition) is 7. The summed E-state index contributed by atoms with van der Waals surface area (Å²) in [5.41, 5.74) is 9.60. The number of fused-ring (bicyclic) bond motifs is 1. The maximum Gasteiger partial charge on any atom is 0.171 e. The van der Waals surface area contributed by atoms with Gasteiger partial charge in [0.1, 0.15) is 6.79 Å². The third kappa shape index (κ3) is 5.89. The van der Waals surface area contributed by atoms with Crippen LogP contribution in [0.15, 0.2) is 53.8 Å². The summed E-state index contributed by atoms with van der Waals surface area (Å²) in [4.78, 5) is 13.0. The van der Waals surface area contributed by atoms with Gasteiger partial charge in [-0.05, 0) is 43.0 Å². The van der Waals surface area contributed by atoms with E-state index >= 15 is 0 Å². The van der Waals surface area contributed by atoms with Gasteiger partial charge in [0.05, 0.1) is 12.7 Å². The third-order valence-corrected chi connectivity index (χ3v) is 7.55. The van der Waals surface area contributed by atoms with E-state index in [1.807, 2.05) is 12.9 Å². The second kappa shape index (κ2) is 12.0. The van der Waals surface area contributed by atoms with Crippen LogP contribution in [0, 0.1) is 0 Å². The van der Waals surface area contributed by atoms with Crippen LogP contribution in [0.3, 0.4) is 0 Å². The number of nitrogens with one attached hydrogen (secondary N) is 1. The molecule has 1 aromatic rings. The predicted octanol–water partition coefficient (Wildman–Crippen LogP) is 3.15. The highest BCUT2D eigenvalue weighted by molar-refractivity contribution is 5.42. The summed E-state index contributed by atoms with van der Waals surface area (Å²) >= 11 is 0. The average molecular weight is 469 g/mol. The summed E-state index contributed by atoms with van der Waals surface area (Å²) in [5, 5.41) is 3.50. The van der Waals surface area contributed by atoms with E-state index in [-0.39, 0.29) is 11.9 Å². The molecule has 1 atom stereocenters. The Morgan fingerprint density at radius 3 is 2.59 bits per heavy atom. The largest absolute Gasteiger partial charge is 0.383 e. The Kier molecular flexibility index (Phi) is 8.78. The van der Waals surface area contributed by atoms with Crippen LogP contribution >= 0.6 is 0 Å². The average Bonchev–Trinajstić information content (AvgIpc) is 2.86. The molecule has 2 aliphatic heterocycles. The van der Waals surface area contributed by atoms with E-state index in [1.165, 1.54) is 30.5 Å². The quantitative estimate of drug-likeness (QED) is 0.607. The zero-order chi connectivity index (χ0) is 23.8. The van der Waals surface area contributed by atoms with Crippen molar-refractivity contribution in [2.45, 2.75) is 56.5 Å². The van der Waals surface area contributed by atoms with E-state index in [1.54, 1.807) is 0 Å². The van der Waals surface area contributed by atoms with Gasteiger partial charge in [0.25, 0.3) is 0 Å². The van der Waals surface area contributed by atoms with E-state index < -0.39 is 0 Å². The van der Waals surface area contributed by atoms with Gasteiger partial charge in [-0.2, -0.15) is 0 Å². The lowest BCUT2D eigenvalue weighted by atomic mass is 9.88. The fraction of sp³-hybridized carbons (Fsp3) is 0.593. The topological polar surface area (TPSA) is 80.1 Å². The molecule has 2 saturated heterocycles. The number of para-hydroxylation sites is 1. The molecular formula is C27H40N4O3. The Labute approximate surface area is 203 Å².